The Labute approximate surface area is 172 Å². The molecule has 3 rings (SSSR count). The maximum absolute atomic E-state index is 12.9. The number of rotatable bonds is 7. The lowest BCUT2D eigenvalue weighted by molar-refractivity contribution is 0.0762. The van der Waals surface area contributed by atoms with Crippen LogP contribution in [0.5, 0.6) is 0 Å². The fourth-order valence-electron chi connectivity index (χ4n) is 3.26. The monoisotopic (exact) mass is 423 g/mol. The Kier molecular flexibility index (Phi) is 7.86. The van der Waals surface area contributed by atoms with Crippen molar-refractivity contribution in [3.8, 4) is 0 Å². The van der Waals surface area contributed by atoms with E-state index in [9.17, 15) is 13.2 Å². The van der Waals surface area contributed by atoms with Gasteiger partial charge < -0.3 is 10.6 Å². The average molecular weight is 424 g/mol. The van der Waals surface area contributed by atoms with Crippen molar-refractivity contribution in [2.45, 2.75) is 12.8 Å². The summed E-state index contributed by atoms with van der Waals surface area (Å²) in [6.45, 7) is 1.95. The second-order valence-electron chi connectivity index (χ2n) is 6.61. The molecule has 0 spiro atoms. The Balaban J connectivity index is 0.00000280. The molecule has 1 amide bonds. The van der Waals surface area contributed by atoms with Crippen LogP contribution in [0, 0.1) is 0 Å². The van der Waals surface area contributed by atoms with Crippen LogP contribution in [0.4, 0.5) is 5.69 Å². The van der Waals surface area contributed by atoms with Gasteiger partial charge in [0.05, 0.1) is 11.4 Å². The van der Waals surface area contributed by atoms with Crippen LogP contribution >= 0.6 is 12.4 Å². The van der Waals surface area contributed by atoms with Gasteiger partial charge in [-0.05, 0) is 42.7 Å². The third-order valence-corrected chi connectivity index (χ3v) is 6.57. The molecule has 1 aliphatic rings. The third-order valence-electron chi connectivity index (χ3n) is 4.70. The highest BCUT2D eigenvalue weighted by Crippen LogP contribution is 2.24. The predicted molar refractivity (Wildman–Crippen MR) is 115 cm³/mol. The first-order valence-corrected chi connectivity index (χ1v) is 10.8. The van der Waals surface area contributed by atoms with Gasteiger partial charge in [-0.25, -0.2) is 8.42 Å². The van der Waals surface area contributed by atoms with Gasteiger partial charge in [0.25, 0.3) is 5.91 Å². The number of benzene rings is 2. The molecular weight excluding hydrogens is 398 g/mol. The summed E-state index contributed by atoms with van der Waals surface area (Å²) < 4.78 is 25.5. The van der Waals surface area contributed by atoms with Crippen molar-refractivity contribution in [1.29, 1.82) is 0 Å². The molecule has 1 saturated heterocycles. The van der Waals surface area contributed by atoms with Gasteiger partial charge in [0.1, 0.15) is 0 Å². The molecule has 0 aliphatic carbocycles. The lowest BCUT2D eigenvalue weighted by atomic mass is 10.1. The summed E-state index contributed by atoms with van der Waals surface area (Å²) in [7, 11) is -3.22. The van der Waals surface area contributed by atoms with Crippen LogP contribution < -0.4 is 10.0 Å². The normalized spacial score (nSPS) is 15.1. The lowest BCUT2D eigenvalue weighted by Crippen LogP contribution is -2.37. The summed E-state index contributed by atoms with van der Waals surface area (Å²) in [4.78, 5) is 14.6. The largest absolute Gasteiger partial charge is 0.337 e. The highest BCUT2D eigenvalue weighted by atomic mass is 35.5. The molecule has 2 N–H and O–H groups in total. The number of halogens is 1. The Morgan fingerprint density at radius 1 is 1.04 bits per heavy atom. The van der Waals surface area contributed by atoms with Crippen LogP contribution in [0.15, 0.2) is 54.6 Å². The number of hydrogen-bond acceptors (Lipinski definition) is 4. The molecule has 0 unspecified atom stereocenters. The second-order valence-corrected chi connectivity index (χ2v) is 8.62. The molecule has 6 nitrogen and oxygen atoms in total. The van der Waals surface area contributed by atoms with Gasteiger partial charge in [-0.15, -0.1) is 12.4 Å². The molecule has 2 aromatic carbocycles. The fourth-order valence-corrected chi connectivity index (χ4v) is 4.83. The average Bonchev–Trinajstić information content (AvgIpc) is 3.04. The molecule has 8 heteroatoms. The minimum absolute atomic E-state index is 0. The molecule has 28 heavy (non-hydrogen) atoms. The van der Waals surface area contributed by atoms with Crippen LogP contribution in [-0.4, -0.2) is 51.2 Å². The first kappa shape index (κ1) is 22.2. The molecule has 152 valence electrons. The molecule has 1 aliphatic heterocycles. The molecule has 0 aromatic heterocycles. The SMILES string of the molecule is Cl.NCCN(CCc1ccccc1)C(=O)c1ccc(N2CCCS2(=O)=O)cc1. The van der Waals surface area contributed by atoms with Gasteiger partial charge >= 0.3 is 0 Å². The van der Waals surface area contributed by atoms with Crippen molar-refractivity contribution in [3.05, 3.63) is 65.7 Å². The zero-order valence-corrected chi connectivity index (χ0v) is 17.3. The van der Waals surface area contributed by atoms with Gasteiger partial charge in [0.15, 0.2) is 0 Å². The minimum Gasteiger partial charge on any atom is -0.337 e. The highest BCUT2D eigenvalue weighted by Gasteiger charge is 2.28. The molecule has 0 radical (unpaired) electrons. The quantitative estimate of drug-likeness (QED) is 0.740. The zero-order valence-electron chi connectivity index (χ0n) is 15.7. The van der Waals surface area contributed by atoms with Crippen LogP contribution in [0.2, 0.25) is 0 Å². The topological polar surface area (TPSA) is 83.7 Å². The van der Waals surface area contributed by atoms with E-state index in [-0.39, 0.29) is 24.1 Å². The van der Waals surface area contributed by atoms with Gasteiger partial charge in [-0.2, -0.15) is 0 Å². The molecule has 2 aromatic rings. The predicted octanol–water partition coefficient (Wildman–Crippen LogP) is 2.29. The molecule has 1 heterocycles. The lowest BCUT2D eigenvalue weighted by Gasteiger charge is -2.23. The van der Waals surface area contributed by atoms with Crippen molar-refractivity contribution in [2.24, 2.45) is 5.73 Å². The van der Waals surface area contributed by atoms with Crippen molar-refractivity contribution < 1.29 is 13.2 Å². The summed E-state index contributed by atoms with van der Waals surface area (Å²) >= 11 is 0. The van der Waals surface area contributed by atoms with Crippen LogP contribution in [0.3, 0.4) is 0 Å². The maximum atomic E-state index is 12.9. The van der Waals surface area contributed by atoms with Gasteiger partial charge in [0.2, 0.25) is 10.0 Å². The van der Waals surface area contributed by atoms with E-state index in [0.29, 0.717) is 43.9 Å². The summed E-state index contributed by atoms with van der Waals surface area (Å²) in [6, 6.07) is 16.8. The van der Waals surface area contributed by atoms with Crippen LogP contribution in [-0.2, 0) is 16.4 Å². The summed E-state index contributed by atoms with van der Waals surface area (Å²) in [5, 5.41) is 0. The van der Waals surface area contributed by atoms with Crippen LogP contribution in [0.25, 0.3) is 0 Å². The number of sulfonamides is 1. The van der Waals surface area contributed by atoms with Crippen LogP contribution in [0.1, 0.15) is 22.3 Å². The second kappa shape index (κ2) is 9.91. The number of carbonyl (C=O) groups is 1. The van der Waals surface area contributed by atoms with E-state index in [1.807, 2.05) is 30.3 Å². The van der Waals surface area contributed by atoms with E-state index in [1.54, 1.807) is 29.2 Å². The van der Waals surface area contributed by atoms with E-state index in [0.717, 1.165) is 6.42 Å². The number of carbonyl (C=O) groups excluding carboxylic acids is 1. The van der Waals surface area contributed by atoms with E-state index < -0.39 is 10.0 Å². The molecule has 0 atom stereocenters. The summed E-state index contributed by atoms with van der Waals surface area (Å²) in [6.07, 6.45) is 1.39. The first-order chi connectivity index (χ1) is 13.0. The highest BCUT2D eigenvalue weighted by molar-refractivity contribution is 7.93. The Morgan fingerprint density at radius 2 is 1.71 bits per heavy atom. The number of anilines is 1. The standard InChI is InChI=1S/C20H25N3O3S.ClH/c21-12-15-22(14-11-17-5-2-1-3-6-17)20(24)18-7-9-19(10-8-18)23-13-4-16-27(23,25)26;/h1-3,5-10H,4,11-16,21H2;1H. The van der Waals surface area contributed by atoms with E-state index in [4.69, 9.17) is 5.73 Å². The van der Waals surface area contributed by atoms with Gasteiger partial charge in [0, 0.05) is 31.7 Å². The number of nitrogens with zero attached hydrogens (tertiary/aromatic N) is 2. The first-order valence-electron chi connectivity index (χ1n) is 9.15. The van der Waals surface area contributed by atoms with Crippen molar-refractivity contribution in [3.63, 3.8) is 0 Å². The molecule has 1 fully saturated rings. The number of hydrogen-bond donors (Lipinski definition) is 1. The maximum Gasteiger partial charge on any atom is 0.253 e. The van der Waals surface area contributed by atoms with Crippen molar-refractivity contribution in [2.75, 3.05) is 36.2 Å². The summed E-state index contributed by atoms with van der Waals surface area (Å²) in [5.41, 5.74) is 8.00. The zero-order chi connectivity index (χ0) is 19.3. The molecule has 0 saturated carbocycles. The molecular formula is C20H26ClN3O3S. The Hall–Kier alpha value is -2.09. The summed E-state index contributed by atoms with van der Waals surface area (Å²) in [5.74, 6) is 0.0875. The van der Waals surface area contributed by atoms with Crippen molar-refractivity contribution >= 4 is 34.0 Å². The Bertz CT molecular complexity index is 873. The fraction of sp³-hybridized carbons (Fsp3) is 0.350. The smallest absolute Gasteiger partial charge is 0.253 e. The van der Waals surface area contributed by atoms with Crippen molar-refractivity contribution in [1.82, 2.24) is 4.90 Å². The number of nitrogens with two attached hydrogens (primary N) is 1. The van der Waals surface area contributed by atoms with E-state index in [2.05, 4.69) is 0 Å². The van der Waals surface area contributed by atoms with Gasteiger partial charge in [-0.1, -0.05) is 30.3 Å². The van der Waals surface area contributed by atoms with E-state index >= 15 is 0 Å². The van der Waals surface area contributed by atoms with Gasteiger partial charge in [-0.3, -0.25) is 9.10 Å². The third kappa shape index (κ3) is 5.25. The number of amides is 1. The Morgan fingerprint density at radius 3 is 2.29 bits per heavy atom. The molecule has 0 bridgehead atoms. The van der Waals surface area contributed by atoms with E-state index in [1.165, 1.54) is 9.87 Å². The minimum atomic E-state index is -3.22.